The zero-order valence-corrected chi connectivity index (χ0v) is 16.1. The van der Waals surface area contributed by atoms with Gasteiger partial charge in [0.15, 0.2) is 19.8 Å². The van der Waals surface area contributed by atoms with Gasteiger partial charge in [-0.3, -0.25) is 4.79 Å². The van der Waals surface area contributed by atoms with Crippen LogP contribution in [-0.4, -0.2) is 42.9 Å². The third-order valence-corrected chi connectivity index (χ3v) is 3.82. The monoisotopic (exact) mass is 381 g/mol. The van der Waals surface area contributed by atoms with Gasteiger partial charge in [0.1, 0.15) is 11.5 Å². The Kier molecular flexibility index (Phi) is 7.61. The van der Waals surface area contributed by atoms with E-state index in [1.54, 1.807) is 23.9 Å². The lowest BCUT2D eigenvalue weighted by atomic mass is 10.3. The molecule has 1 aromatic carbocycles. The van der Waals surface area contributed by atoms with Crippen molar-refractivity contribution in [2.45, 2.75) is 26.6 Å². The predicted molar refractivity (Wildman–Crippen MR) is 97.7 cm³/mol. The van der Waals surface area contributed by atoms with Crippen LogP contribution < -0.4 is 19.7 Å². The Morgan fingerprint density at radius 3 is 2.69 bits per heavy atom. The van der Waals surface area contributed by atoms with Crippen molar-refractivity contribution in [1.82, 2.24) is 15.1 Å². The molecule has 1 unspecified atom stereocenters. The summed E-state index contributed by atoms with van der Waals surface area (Å²) >= 11 is 5.19. The summed E-state index contributed by atoms with van der Waals surface area (Å²) in [6.45, 7) is 3.64. The van der Waals surface area contributed by atoms with Crippen molar-refractivity contribution in [3.05, 3.63) is 35.0 Å². The number of ether oxygens (including phenoxy) is 2. The van der Waals surface area contributed by atoms with Crippen molar-refractivity contribution < 1.29 is 23.6 Å². The number of nitrogens with zero attached hydrogens (tertiary/aromatic N) is 2. The van der Waals surface area contributed by atoms with Crippen molar-refractivity contribution >= 4 is 18.1 Å². The highest BCUT2D eigenvalue weighted by Gasteiger charge is 2.13. The molecule has 0 aliphatic rings. The summed E-state index contributed by atoms with van der Waals surface area (Å²) in [6, 6.07) is 7.23. The minimum absolute atomic E-state index is 0.00225. The van der Waals surface area contributed by atoms with Crippen LogP contribution >= 0.6 is 12.2 Å². The second kappa shape index (κ2) is 9.93. The van der Waals surface area contributed by atoms with Crippen molar-refractivity contribution in [2.75, 3.05) is 27.2 Å². The van der Waals surface area contributed by atoms with Gasteiger partial charge in [-0.25, -0.2) is 0 Å². The molecule has 0 bridgehead atoms. The third kappa shape index (κ3) is 6.16. The normalized spacial score (nSPS) is 11.8. The standard InChI is InChI=1S/C17H24N4O4S/c1-4-9-18-15(22)10-20(2)12-21-17(26)25-16(19-21)11-24-14-7-5-13(23-3)6-8-14/h5-8H,4,9-12H2,1-3H3,(H,18,22)/p+1. The molecule has 0 aliphatic heterocycles. The molecule has 142 valence electrons. The van der Waals surface area contributed by atoms with E-state index in [4.69, 9.17) is 26.1 Å². The molecule has 0 aliphatic carbocycles. The van der Waals surface area contributed by atoms with Crippen LogP contribution in [0.25, 0.3) is 0 Å². The van der Waals surface area contributed by atoms with Crippen molar-refractivity contribution in [1.29, 1.82) is 0 Å². The SMILES string of the molecule is CCCNC(=O)C[NH+](C)Cn1nc(COc2ccc(OC)cc2)oc1=S. The number of methoxy groups -OCH3 is 1. The van der Waals surface area contributed by atoms with Crippen molar-refractivity contribution in [2.24, 2.45) is 0 Å². The molecule has 0 saturated carbocycles. The zero-order valence-electron chi connectivity index (χ0n) is 15.3. The van der Waals surface area contributed by atoms with E-state index in [0.717, 1.165) is 17.1 Å². The van der Waals surface area contributed by atoms with E-state index in [-0.39, 0.29) is 17.4 Å². The summed E-state index contributed by atoms with van der Waals surface area (Å²) in [5.74, 6) is 1.82. The highest BCUT2D eigenvalue weighted by molar-refractivity contribution is 7.71. The molecule has 0 fully saturated rings. The molecule has 0 spiro atoms. The maximum Gasteiger partial charge on any atom is 0.291 e. The molecule has 1 heterocycles. The Morgan fingerprint density at radius 1 is 1.35 bits per heavy atom. The maximum absolute atomic E-state index is 11.8. The lowest BCUT2D eigenvalue weighted by Gasteiger charge is -2.12. The maximum atomic E-state index is 11.8. The molecule has 26 heavy (non-hydrogen) atoms. The molecular weight excluding hydrogens is 356 g/mol. The molecule has 1 amide bonds. The number of carbonyl (C=O) groups is 1. The lowest BCUT2D eigenvalue weighted by Crippen LogP contribution is -3.09. The highest BCUT2D eigenvalue weighted by Crippen LogP contribution is 2.17. The highest BCUT2D eigenvalue weighted by atomic mass is 32.1. The summed E-state index contributed by atoms with van der Waals surface area (Å²) in [4.78, 5) is 13.0. The third-order valence-electron chi connectivity index (χ3n) is 3.52. The van der Waals surface area contributed by atoms with E-state index in [1.165, 1.54) is 0 Å². The molecule has 2 aromatic rings. The number of rotatable bonds is 10. The summed E-state index contributed by atoms with van der Waals surface area (Å²) < 4.78 is 17.7. The smallest absolute Gasteiger partial charge is 0.291 e. The Morgan fingerprint density at radius 2 is 2.04 bits per heavy atom. The Labute approximate surface area is 157 Å². The summed E-state index contributed by atoms with van der Waals surface area (Å²) in [5.41, 5.74) is 0. The van der Waals surface area contributed by atoms with E-state index in [9.17, 15) is 4.79 Å². The van der Waals surface area contributed by atoms with Crippen LogP contribution in [-0.2, 0) is 18.1 Å². The Hall–Kier alpha value is -2.39. The van der Waals surface area contributed by atoms with Crippen LogP contribution in [0, 0.1) is 4.84 Å². The fourth-order valence-electron chi connectivity index (χ4n) is 2.24. The molecule has 0 radical (unpaired) electrons. The second-order valence-electron chi connectivity index (χ2n) is 5.87. The Balaban J connectivity index is 1.87. The first-order valence-corrected chi connectivity index (χ1v) is 8.84. The number of hydrogen-bond donors (Lipinski definition) is 2. The van der Waals surface area contributed by atoms with Gasteiger partial charge in [0, 0.05) is 6.54 Å². The first kappa shape index (κ1) is 19.9. The van der Waals surface area contributed by atoms with Gasteiger partial charge in [-0.1, -0.05) is 6.92 Å². The van der Waals surface area contributed by atoms with Crippen LogP contribution in [0.1, 0.15) is 19.2 Å². The minimum atomic E-state index is 0.00225. The van der Waals surface area contributed by atoms with Crippen molar-refractivity contribution in [3.63, 3.8) is 0 Å². The van der Waals surface area contributed by atoms with E-state index >= 15 is 0 Å². The predicted octanol–water partition coefficient (Wildman–Crippen LogP) is 0.792. The number of hydrogen-bond acceptors (Lipinski definition) is 6. The van der Waals surface area contributed by atoms with Crippen LogP contribution in [0.2, 0.25) is 0 Å². The quantitative estimate of drug-likeness (QED) is 0.592. The van der Waals surface area contributed by atoms with Crippen LogP contribution in [0.5, 0.6) is 11.5 Å². The number of aromatic nitrogens is 2. The van der Waals surface area contributed by atoms with Gasteiger partial charge in [0.25, 0.3) is 16.6 Å². The number of benzene rings is 1. The molecule has 8 nitrogen and oxygen atoms in total. The van der Waals surface area contributed by atoms with Gasteiger partial charge >= 0.3 is 0 Å². The van der Waals surface area contributed by atoms with E-state index < -0.39 is 0 Å². The molecule has 9 heteroatoms. The topological polar surface area (TPSA) is 83.0 Å². The molecule has 2 rings (SSSR count). The molecule has 0 saturated heterocycles. The summed E-state index contributed by atoms with van der Waals surface area (Å²) in [7, 11) is 3.51. The van der Waals surface area contributed by atoms with Crippen LogP contribution in [0.3, 0.4) is 0 Å². The summed E-state index contributed by atoms with van der Waals surface area (Å²) in [5, 5.41) is 7.16. The molecule has 2 N–H and O–H groups in total. The fraction of sp³-hybridized carbons (Fsp3) is 0.471. The molecular formula is C17H25N4O4S+. The van der Waals surface area contributed by atoms with E-state index in [0.29, 0.717) is 31.4 Å². The average Bonchev–Trinajstić information content (AvgIpc) is 2.98. The van der Waals surface area contributed by atoms with Gasteiger partial charge in [0.05, 0.1) is 14.2 Å². The Bertz CT molecular complexity index is 757. The zero-order chi connectivity index (χ0) is 18.9. The number of carbonyl (C=O) groups excluding carboxylic acids is 1. The van der Waals surface area contributed by atoms with Gasteiger partial charge < -0.3 is 24.1 Å². The van der Waals surface area contributed by atoms with Crippen LogP contribution in [0.15, 0.2) is 28.7 Å². The number of nitrogens with one attached hydrogen (secondary N) is 2. The second-order valence-corrected chi connectivity index (χ2v) is 6.22. The minimum Gasteiger partial charge on any atom is -0.497 e. The first-order valence-electron chi connectivity index (χ1n) is 8.43. The molecule has 1 aromatic heterocycles. The van der Waals surface area contributed by atoms with Gasteiger partial charge in [-0.05, 0) is 42.9 Å². The average molecular weight is 381 g/mol. The number of amides is 1. The lowest BCUT2D eigenvalue weighted by molar-refractivity contribution is -0.895. The summed E-state index contributed by atoms with van der Waals surface area (Å²) in [6.07, 6.45) is 0.913. The first-order chi connectivity index (χ1) is 12.5. The van der Waals surface area contributed by atoms with Gasteiger partial charge in [-0.15, -0.1) is 5.10 Å². The van der Waals surface area contributed by atoms with E-state index in [2.05, 4.69) is 10.4 Å². The van der Waals surface area contributed by atoms with Crippen molar-refractivity contribution in [3.8, 4) is 11.5 Å². The number of quaternary nitrogens is 1. The number of likely N-dealkylation sites (N-methyl/N-ethyl adjacent to an activating group) is 1. The van der Waals surface area contributed by atoms with E-state index in [1.807, 2.05) is 26.1 Å². The fourth-order valence-corrected chi connectivity index (χ4v) is 2.44. The van der Waals surface area contributed by atoms with Gasteiger partial charge in [0.2, 0.25) is 0 Å². The van der Waals surface area contributed by atoms with Crippen LogP contribution in [0.4, 0.5) is 0 Å². The molecule has 1 atom stereocenters. The van der Waals surface area contributed by atoms with Gasteiger partial charge in [-0.2, -0.15) is 4.68 Å². The largest absolute Gasteiger partial charge is 0.497 e.